The molecule has 1 aromatic carbocycles. The van der Waals surface area contributed by atoms with Crippen LogP contribution >= 0.6 is 0 Å². The standard InChI is InChI=1S/C27H39N3O5/c1-7-19-13-11-12-16-21(19)23(24(32)28-20-14-9-8-10-15-20)30(18(2)3)25(33)22(17-31)29-26(34)35-27(4,5)6/h1,11-13,16,18,20,22-23,31H,8-10,14-15,17H2,2-6H3,(H,28,32)(H,29,34). The van der Waals surface area contributed by atoms with E-state index in [0.29, 0.717) is 11.1 Å². The SMILES string of the molecule is C#Cc1ccccc1C(C(=O)NC1CCCCC1)N(C(=O)C(CO)NC(=O)OC(C)(C)C)C(C)C. The van der Waals surface area contributed by atoms with Gasteiger partial charge in [0.1, 0.15) is 17.7 Å². The van der Waals surface area contributed by atoms with Crippen molar-refractivity contribution in [2.24, 2.45) is 0 Å². The predicted octanol–water partition coefficient (Wildman–Crippen LogP) is 3.28. The quantitative estimate of drug-likeness (QED) is 0.490. The number of nitrogens with zero attached hydrogens (tertiary/aromatic N) is 1. The summed E-state index contributed by atoms with van der Waals surface area (Å²) in [7, 11) is 0. The number of aliphatic hydroxyl groups excluding tert-OH is 1. The van der Waals surface area contributed by atoms with E-state index in [1.807, 2.05) is 0 Å². The van der Waals surface area contributed by atoms with Crippen molar-refractivity contribution in [2.45, 2.75) is 96.5 Å². The lowest BCUT2D eigenvalue weighted by atomic mass is 9.93. The predicted molar refractivity (Wildman–Crippen MR) is 134 cm³/mol. The van der Waals surface area contributed by atoms with Crippen molar-refractivity contribution in [3.8, 4) is 12.3 Å². The van der Waals surface area contributed by atoms with Crippen LogP contribution in [0.25, 0.3) is 0 Å². The minimum atomic E-state index is -1.30. The number of aliphatic hydroxyl groups is 1. The third-order valence-corrected chi connectivity index (χ3v) is 5.87. The molecule has 2 unspecified atom stereocenters. The highest BCUT2D eigenvalue weighted by molar-refractivity contribution is 5.93. The molecule has 192 valence electrons. The van der Waals surface area contributed by atoms with Crippen LogP contribution in [0.5, 0.6) is 0 Å². The Morgan fingerprint density at radius 3 is 2.34 bits per heavy atom. The number of alkyl carbamates (subject to hydrolysis) is 1. The number of ether oxygens (including phenoxy) is 1. The molecule has 0 spiro atoms. The maximum Gasteiger partial charge on any atom is 0.408 e. The molecular formula is C27H39N3O5. The maximum atomic E-state index is 13.7. The van der Waals surface area contributed by atoms with Crippen molar-refractivity contribution in [1.82, 2.24) is 15.5 Å². The molecule has 3 amide bonds. The van der Waals surface area contributed by atoms with Crippen LogP contribution in [0.1, 0.15) is 83.9 Å². The molecule has 1 aliphatic carbocycles. The Morgan fingerprint density at radius 1 is 1.17 bits per heavy atom. The highest BCUT2D eigenvalue weighted by Crippen LogP contribution is 2.28. The summed E-state index contributed by atoms with van der Waals surface area (Å²) in [5, 5.41) is 15.5. The second-order valence-electron chi connectivity index (χ2n) is 10.2. The smallest absolute Gasteiger partial charge is 0.408 e. The zero-order valence-electron chi connectivity index (χ0n) is 21.5. The normalized spacial score (nSPS) is 16.1. The summed E-state index contributed by atoms with van der Waals surface area (Å²) in [4.78, 5) is 41.1. The van der Waals surface area contributed by atoms with E-state index in [4.69, 9.17) is 11.2 Å². The number of carbonyl (C=O) groups is 3. The average molecular weight is 486 g/mol. The summed E-state index contributed by atoms with van der Waals surface area (Å²) < 4.78 is 5.25. The Balaban J connectivity index is 2.44. The van der Waals surface area contributed by atoms with Gasteiger partial charge in [0.25, 0.3) is 0 Å². The van der Waals surface area contributed by atoms with E-state index in [-0.39, 0.29) is 11.9 Å². The fraction of sp³-hybridized carbons (Fsp3) is 0.593. The third-order valence-electron chi connectivity index (χ3n) is 5.87. The molecule has 1 fully saturated rings. The fourth-order valence-corrected chi connectivity index (χ4v) is 4.31. The first-order valence-corrected chi connectivity index (χ1v) is 12.3. The van der Waals surface area contributed by atoms with Crippen molar-refractivity contribution in [3.05, 3.63) is 35.4 Å². The monoisotopic (exact) mass is 485 g/mol. The van der Waals surface area contributed by atoms with Crippen LogP contribution in [0, 0.1) is 12.3 Å². The molecule has 35 heavy (non-hydrogen) atoms. The molecule has 1 aromatic rings. The topological polar surface area (TPSA) is 108 Å². The van der Waals surface area contributed by atoms with Crippen molar-refractivity contribution in [1.29, 1.82) is 0 Å². The fourth-order valence-electron chi connectivity index (χ4n) is 4.31. The first kappa shape index (κ1) is 28.2. The molecule has 3 N–H and O–H groups in total. The van der Waals surface area contributed by atoms with Gasteiger partial charge >= 0.3 is 6.09 Å². The molecule has 0 aromatic heterocycles. The molecule has 1 saturated carbocycles. The molecule has 2 rings (SSSR count). The maximum absolute atomic E-state index is 13.7. The van der Waals surface area contributed by atoms with E-state index in [0.717, 1.165) is 32.1 Å². The molecule has 0 aliphatic heterocycles. The lowest BCUT2D eigenvalue weighted by Gasteiger charge is -2.38. The van der Waals surface area contributed by atoms with E-state index >= 15 is 0 Å². The minimum absolute atomic E-state index is 0.0226. The minimum Gasteiger partial charge on any atom is -0.444 e. The number of rotatable bonds is 8. The van der Waals surface area contributed by atoms with Crippen LogP contribution in [0.2, 0.25) is 0 Å². The molecule has 8 nitrogen and oxygen atoms in total. The summed E-state index contributed by atoms with van der Waals surface area (Å²) in [5.74, 6) is 1.67. The Hall–Kier alpha value is -3.05. The number of amides is 3. The van der Waals surface area contributed by atoms with Crippen LogP contribution in [0.4, 0.5) is 4.79 Å². The highest BCUT2D eigenvalue weighted by Gasteiger charge is 2.39. The zero-order chi connectivity index (χ0) is 26.2. The van der Waals surface area contributed by atoms with Gasteiger partial charge in [0.15, 0.2) is 0 Å². The van der Waals surface area contributed by atoms with Crippen LogP contribution in [-0.4, -0.2) is 58.2 Å². The van der Waals surface area contributed by atoms with Gasteiger partial charge in [-0.15, -0.1) is 6.42 Å². The van der Waals surface area contributed by atoms with Gasteiger partial charge in [0.05, 0.1) is 6.61 Å². The largest absolute Gasteiger partial charge is 0.444 e. The lowest BCUT2D eigenvalue weighted by molar-refractivity contribution is -0.145. The molecule has 2 atom stereocenters. The first-order valence-electron chi connectivity index (χ1n) is 12.3. The van der Waals surface area contributed by atoms with E-state index in [9.17, 15) is 19.5 Å². The molecular weight excluding hydrogens is 446 g/mol. The number of hydrogen-bond acceptors (Lipinski definition) is 5. The molecule has 0 bridgehead atoms. The van der Waals surface area contributed by atoms with Crippen LogP contribution in [0.15, 0.2) is 24.3 Å². The number of carbonyl (C=O) groups excluding carboxylic acids is 3. The van der Waals surface area contributed by atoms with Crippen molar-refractivity contribution < 1.29 is 24.2 Å². The van der Waals surface area contributed by atoms with Gasteiger partial charge in [-0.05, 0) is 59.1 Å². The van der Waals surface area contributed by atoms with Crippen LogP contribution < -0.4 is 10.6 Å². The summed E-state index contributed by atoms with van der Waals surface area (Å²) >= 11 is 0. The molecule has 0 saturated heterocycles. The first-order chi connectivity index (χ1) is 16.5. The highest BCUT2D eigenvalue weighted by atomic mass is 16.6. The Kier molecular flexibility index (Phi) is 10.1. The lowest BCUT2D eigenvalue weighted by Crippen LogP contribution is -2.57. The van der Waals surface area contributed by atoms with Crippen molar-refractivity contribution >= 4 is 17.9 Å². The Bertz CT molecular complexity index is 925. The van der Waals surface area contributed by atoms with Gasteiger partial charge in [-0.25, -0.2) is 4.79 Å². The van der Waals surface area contributed by atoms with E-state index in [1.165, 1.54) is 4.90 Å². The van der Waals surface area contributed by atoms with Gasteiger partial charge < -0.3 is 25.4 Å². The van der Waals surface area contributed by atoms with E-state index < -0.39 is 42.3 Å². The van der Waals surface area contributed by atoms with Gasteiger partial charge in [-0.3, -0.25) is 9.59 Å². The number of hydrogen-bond donors (Lipinski definition) is 3. The summed E-state index contributed by atoms with van der Waals surface area (Å²) in [5.41, 5.74) is 0.230. The number of benzene rings is 1. The van der Waals surface area contributed by atoms with Gasteiger partial charge in [-0.1, -0.05) is 43.4 Å². The summed E-state index contributed by atoms with van der Waals surface area (Å²) in [6.45, 7) is 7.99. The van der Waals surface area contributed by atoms with E-state index in [2.05, 4.69) is 16.6 Å². The molecule has 0 heterocycles. The second-order valence-corrected chi connectivity index (χ2v) is 10.2. The molecule has 1 aliphatic rings. The van der Waals surface area contributed by atoms with Crippen molar-refractivity contribution in [2.75, 3.05) is 6.61 Å². The Morgan fingerprint density at radius 2 is 1.80 bits per heavy atom. The Labute approximate surface area is 208 Å². The molecule has 8 heteroatoms. The van der Waals surface area contributed by atoms with Gasteiger partial charge in [0, 0.05) is 17.6 Å². The average Bonchev–Trinajstić information content (AvgIpc) is 2.79. The van der Waals surface area contributed by atoms with Crippen molar-refractivity contribution in [3.63, 3.8) is 0 Å². The van der Waals surface area contributed by atoms with Gasteiger partial charge in [0.2, 0.25) is 11.8 Å². The van der Waals surface area contributed by atoms with Crippen LogP contribution in [-0.2, 0) is 14.3 Å². The molecule has 0 radical (unpaired) electrons. The van der Waals surface area contributed by atoms with Crippen LogP contribution in [0.3, 0.4) is 0 Å². The zero-order valence-corrected chi connectivity index (χ0v) is 21.5. The summed E-state index contributed by atoms with van der Waals surface area (Å²) in [6, 6.07) is 4.25. The second kappa shape index (κ2) is 12.6. The third kappa shape index (κ3) is 8.00. The number of nitrogens with one attached hydrogen (secondary N) is 2. The number of terminal acetylenes is 1. The van der Waals surface area contributed by atoms with Gasteiger partial charge in [-0.2, -0.15) is 0 Å². The summed E-state index contributed by atoms with van der Waals surface area (Å²) in [6.07, 6.45) is 9.88. The van der Waals surface area contributed by atoms with E-state index in [1.54, 1.807) is 58.9 Å².